The molecule has 156 valence electrons. The number of hydrogen-bond donors (Lipinski definition) is 3. The van der Waals surface area contributed by atoms with Crippen LogP contribution in [0.15, 0.2) is 48.5 Å². The minimum absolute atomic E-state index is 0.0751. The van der Waals surface area contributed by atoms with Crippen molar-refractivity contribution in [3.05, 3.63) is 59.7 Å². The summed E-state index contributed by atoms with van der Waals surface area (Å²) in [6, 6.07) is 12.1. The molecule has 2 aromatic carbocycles. The Morgan fingerprint density at radius 3 is 2.50 bits per heavy atom. The number of urea groups is 1. The van der Waals surface area contributed by atoms with Crippen molar-refractivity contribution >= 4 is 23.8 Å². The maximum Gasteiger partial charge on any atom is 0.326 e. The van der Waals surface area contributed by atoms with Gasteiger partial charge in [0, 0.05) is 18.2 Å². The first-order valence-corrected chi connectivity index (χ1v) is 8.93. The fourth-order valence-electron chi connectivity index (χ4n) is 2.61. The number of benzene rings is 2. The van der Waals surface area contributed by atoms with Crippen molar-refractivity contribution in [1.82, 2.24) is 16.0 Å². The van der Waals surface area contributed by atoms with Gasteiger partial charge in [0.05, 0.1) is 0 Å². The van der Waals surface area contributed by atoms with Crippen LogP contribution in [-0.2, 0) is 14.3 Å². The van der Waals surface area contributed by atoms with Crippen LogP contribution in [0.3, 0.4) is 0 Å². The number of rotatable bonds is 6. The van der Waals surface area contributed by atoms with Crippen molar-refractivity contribution in [3.8, 4) is 11.5 Å². The number of imide groups is 1. The van der Waals surface area contributed by atoms with Gasteiger partial charge in [-0.15, -0.1) is 0 Å². The van der Waals surface area contributed by atoms with Gasteiger partial charge in [-0.25, -0.2) is 4.79 Å². The Bertz CT molecular complexity index is 962. The van der Waals surface area contributed by atoms with Crippen molar-refractivity contribution in [1.29, 1.82) is 0 Å². The molecule has 4 amide bonds. The van der Waals surface area contributed by atoms with E-state index in [0.29, 0.717) is 17.1 Å². The van der Waals surface area contributed by atoms with E-state index in [2.05, 4.69) is 16.0 Å². The quantitative estimate of drug-likeness (QED) is 0.599. The molecule has 10 heteroatoms. The Hall–Kier alpha value is -4.08. The van der Waals surface area contributed by atoms with E-state index in [1.54, 1.807) is 36.4 Å². The Kier molecular flexibility index (Phi) is 6.48. The van der Waals surface area contributed by atoms with Gasteiger partial charge >= 0.3 is 12.0 Å². The summed E-state index contributed by atoms with van der Waals surface area (Å²) in [5.41, 5.74) is 0.637. The first-order valence-electron chi connectivity index (χ1n) is 8.93. The minimum Gasteiger partial charge on any atom is -0.454 e. The predicted octanol–water partition coefficient (Wildman–Crippen LogP) is 0.885. The zero-order valence-electron chi connectivity index (χ0n) is 16.0. The largest absolute Gasteiger partial charge is 0.454 e. The molecule has 0 aromatic heterocycles. The van der Waals surface area contributed by atoms with Gasteiger partial charge in [-0.3, -0.25) is 19.7 Å². The molecular weight excluding hydrogens is 394 g/mol. The number of carbonyl (C=O) groups is 4. The molecule has 3 rings (SSSR count). The number of carbonyl (C=O) groups excluding carboxylic acids is 4. The molecule has 0 fully saturated rings. The molecule has 0 spiro atoms. The highest BCUT2D eigenvalue weighted by Gasteiger charge is 2.26. The van der Waals surface area contributed by atoms with Crippen LogP contribution in [0, 0.1) is 0 Å². The number of hydrogen-bond acceptors (Lipinski definition) is 7. The fourth-order valence-corrected chi connectivity index (χ4v) is 2.61. The van der Waals surface area contributed by atoms with Gasteiger partial charge in [0.15, 0.2) is 11.5 Å². The van der Waals surface area contributed by atoms with Crippen LogP contribution in [0.4, 0.5) is 4.79 Å². The Morgan fingerprint density at radius 1 is 1.03 bits per heavy atom. The highest BCUT2D eigenvalue weighted by atomic mass is 16.7. The maximum atomic E-state index is 12.4. The monoisotopic (exact) mass is 413 g/mol. The van der Waals surface area contributed by atoms with Crippen molar-refractivity contribution < 1.29 is 33.4 Å². The maximum absolute atomic E-state index is 12.4. The van der Waals surface area contributed by atoms with Crippen LogP contribution < -0.4 is 25.4 Å². The Labute approximate surface area is 171 Å². The highest BCUT2D eigenvalue weighted by Crippen LogP contribution is 2.32. The van der Waals surface area contributed by atoms with Crippen LogP contribution >= 0.6 is 0 Å². The number of esters is 1. The van der Waals surface area contributed by atoms with Gasteiger partial charge in [-0.2, -0.15) is 0 Å². The van der Waals surface area contributed by atoms with E-state index in [4.69, 9.17) is 14.2 Å². The van der Waals surface area contributed by atoms with Crippen LogP contribution in [0.1, 0.15) is 22.0 Å². The second kappa shape index (κ2) is 9.41. The molecule has 0 unspecified atom stereocenters. The first-order chi connectivity index (χ1) is 14.5. The van der Waals surface area contributed by atoms with Gasteiger partial charge in [0.25, 0.3) is 11.8 Å². The van der Waals surface area contributed by atoms with Crippen LogP contribution in [0.5, 0.6) is 11.5 Å². The Balaban J connectivity index is 1.62. The third-order valence-corrected chi connectivity index (χ3v) is 4.08. The molecular formula is C20H19N3O7. The lowest BCUT2D eigenvalue weighted by atomic mass is 10.1. The smallest absolute Gasteiger partial charge is 0.326 e. The second-order valence-electron chi connectivity index (χ2n) is 6.10. The number of amides is 4. The molecule has 0 aliphatic carbocycles. The number of fused-ring (bicyclic) bond motifs is 1. The zero-order valence-corrected chi connectivity index (χ0v) is 16.0. The molecule has 3 N–H and O–H groups in total. The fraction of sp³-hybridized carbons (Fsp3) is 0.200. The molecule has 10 nitrogen and oxygen atoms in total. The summed E-state index contributed by atoms with van der Waals surface area (Å²) >= 11 is 0. The van der Waals surface area contributed by atoms with Gasteiger partial charge < -0.3 is 24.8 Å². The first kappa shape index (κ1) is 20.6. The Morgan fingerprint density at radius 2 is 1.77 bits per heavy atom. The summed E-state index contributed by atoms with van der Waals surface area (Å²) in [5.74, 6) is -1.25. The topological polar surface area (TPSA) is 132 Å². The molecule has 30 heavy (non-hydrogen) atoms. The predicted molar refractivity (Wildman–Crippen MR) is 103 cm³/mol. The molecule has 0 radical (unpaired) electrons. The normalized spacial score (nSPS) is 12.4. The van der Waals surface area contributed by atoms with Crippen molar-refractivity contribution in [2.45, 2.75) is 6.10 Å². The molecule has 1 heterocycles. The zero-order chi connectivity index (χ0) is 21.5. The number of nitrogens with one attached hydrogen (secondary N) is 3. The lowest BCUT2D eigenvalue weighted by Crippen LogP contribution is -2.42. The lowest BCUT2D eigenvalue weighted by Gasteiger charge is -2.17. The van der Waals surface area contributed by atoms with Crippen molar-refractivity contribution in [2.75, 3.05) is 20.4 Å². The standard InChI is InChI=1S/C20H19N3O7/c1-21-20(27)23-19(26)17(12-5-3-2-4-6-12)30-16(24)10-22-18(25)13-7-8-14-15(9-13)29-11-28-14/h2-9,17H,10-11H2,1H3,(H,22,25)(H2,21,23,26,27)/t17-/m0/s1. The van der Waals surface area contributed by atoms with E-state index in [1.165, 1.54) is 19.2 Å². The minimum atomic E-state index is -1.36. The van der Waals surface area contributed by atoms with E-state index in [0.717, 1.165) is 0 Å². The molecule has 0 saturated heterocycles. The van der Waals surface area contributed by atoms with Crippen molar-refractivity contribution in [2.24, 2.45) is 0 Å². The summed E-state index contributed by atoms with van der Waals surface area (Å²) in [6.07, 6.45) is -1.36. The van der Waals surface area contributed by atoms with E-state index >= 15 is 0 Å². The molecule has 0 bridgehead atoms. The van der Waals surface area contributed by atoms with E-state index in [-0.39, 0.29) is 12.4 Å². The van der Waals surface area contributed by atoms with Gasteiger partial charge in [0.2, 0.25) is 12.9 Å². The SMILES string of the molecule is CNC(=O)NC(=O)[C@@H](OC(=O)CNC(=O)c1ccc2c(c1)OCO2)c1ccccc1. The van der Waals surface area contributed by atoms with Crippen LogP contribution in [0.2, 0.25) is 0 Å². The van der Waals surface area contributed by atoms with Gasteiger partial charge in [-0.1, -0.05) is 30.3 Å². The highest BCUT2D eigenvalue weighted by molar-refractivity contribution is 5.99. The molecule has 1 aliphatic heterocycles. The molecule has 1 aliphatic rings. The summed E-state index contributed by atoms with van der Waals surface area (Å²) < 4.78 is 15.6. The van der Waals surface area contributed by atoms with Gasteiger partial charge in [-0.05, 0) is 18.2 Å². The van der Waals surface area contributed by atoms with Gasteiger partial charge in [0.1, 0.15) is 6.54 Å². The molecule has 1 atom stereocenters. The summed E-state index contributed by atoms with van der Waals surface area (Å²) in [5, 5.41) is 6.73. The average molecular weight is 413 g/mol. The van der Waals surface area contributed by atoms with Crippen LogP contribution in [0.25, 0.3) is 0 Å². The third-order valence-electron chi connectivity index (χ3n) is 4.08. The second-order valence-corrected chi connectivity index (χ2v) is 6.10. The summed E-state index contributed by atoms with van der Waals surface area (Å²) in [7, 11) is 1.35. The summed E-state index contributed by atoms with van der Waals surface area (Å²) in [6.45, 7) is -0.407. The summed E-state index contributed by atoms with van der Waals surface area (Å²) in [4.78, 5) is 48.3. The van der Waals surface area contributed by atoms with Crippen molar-refractivity contribution in [3.63, 3.8) is 0 Å². The van der Waals surface area contributed by atoms with E-state index in [9.17, 15) is 19.2 Å². The molecule has 0 saturated carbocycles. The lowest BCUT2D eigenvalue weighted by molar-refractivity contribution is -0.155. The van der Waals surface area contributed by atoms with Crippen LogP contribution in [-0.4, -0.2) is 44.2 Å². The van der Waals surface area contributed by atoms with E-state index < -0.39 is 36.5 Å². The number of ether oxygens (including phenoxy) is 3. The molecule has 2 aromatic rings. The van der Waals surface area contributed by atoms with E-state index in [1.807, 2.05) is 0 Å². The third kappa shape index (κ3) is 5.04. The average Bonchev–Trinajstić information content (AvgIpc) is 3.24.